The highest BCUT2D eigenvalue weighted by Gasteiger charge is 2.25. The Balaban J connectivity index is 1.82. The molecule has 108 valence electrons. The van der Waals surface area contributed by atoms with Crippen molar-refractivity contribution in [2.45, 2.75) is 18.9 Å². The monoisotopic (exact) mass is 278 g/mol. The summed E-state index contributed by atoms with van der Waals surface area (Å²) in [6, 6.07) is 0.101. The van der Waals surface area contributed by atoms with E-state index in [4.69, 9.17) is 4.74 Å². The summed E-state index contributed by atoms with van der Waals surface area (Å²) in [6.45, 7) is 1.28. The first kappa shape index (κ1) is 14.4. The van der Waals surface area contributed by atoms with Gasteiger partial charge in [-0.1, -0.05) is 0 Å². The molecule has 0 bridgehead atoms. The molecule has 1 aromatic rings. The van der Waals surface area contributed by atoms with Gasteiger partial charge in [0.15, 0.2) is 0 Å². The highest BCUT2D eigenvalue weighted by atomic mass is 16.5. The molecule has 1 aliphatic rings. The summed E-state index contributed by atoms with van der Waals surface area (Å²) < 4.78 is 4.77. The van der Waals surface area contributed by atoms with Crippen LogP contribution >= 0.6 is 0 Å². The number of rotatable bonds is 4. The van der Waals surface area contributed by atoms with Crippen LogP contribution < -0.4 is 5.32 Å². The fourth-order valence-corrected chi connectivity index (χ4v) is 2.20. The number of amides is 2. The first-order valence-electron chi connectivity index (χ1n) is 6.54. The van der Waals surface area contributed by atoms with E-state index in [1.165, 1.54) is 25.7 Å². The quantitative estimate of drug-likeness (QED) is 0.827. The molecule has 0 spiro atoms. The number of hydrogen-bond acceptors (Lipinski definition) is 5. The predicted molar refractivity (Wildman–Crippen MR) is 71.0 cm³/mol. The van der Waals surface area contributed by atoms with Crippen molar-refractivity contribution < 1.29 is 14.3 Å². The lowest BCUT2D eigenvalue weighted by atomic mass is 10.0. The maximum absolute atomic E-state index is 12.1. The van der Waals surface area contributed by atoms with E-state index in [0.717, 1.165) is 12.8 Å². The van der Waals surface area contributed by atoms with Crippen molar-refractivity contribution in [3.05, 3.63) is 24.3 Å². The third-order valence-corrected chi connectivity index (χ3v) is 3.21. The molecular formula is C13H18N4O3. The van der Waals surface area contributed by atoms with E-state index in [1.54, 1.807) is 4.90 Å². The molecule has 20 heavy (non-hydrogen) atoms. The Hall–Kier alpha value is -2.02. The minimum atomic E-state index is -0.119. The van der Waals surface area contributed by atoms with Crippen molar-refractivity contribution in [2.24, 2.45) is 0 Å². The van der Waals surface area contributed by atoms with Gasteiger partial charge < -0.3 is 15.0 Å². The van der Waals surface area contributed by atoms with Crippen LogP contribution in [-0.2, 0) is 9.53 Å². The number of carbonyl (C=O) groups is 2. The number of hydrogen-bond donors (Lipinski definition) is 1. The van der Waals surface area contributed by atoms with Crippen LogP contribution in [0, 0.1) is 0 Å². The third kappa shape index (κ3) is 3.74. The second-order valence-electron chi connectivity index (χ2n) is 4.66. The summed E-state index contributed by atoms with van der Waals surface area (Å²) in [4.78, 5) is 33.2. The molecule has 0 atom stereocenters. The minimum Gasteiger partial charge on any atom is -0.375 e. The molecule has 2 rings (SSSR count). The first-order valence-corrected chi connectivity index (χ1v) is 6.54. The SMILES string of the molecule is COCC(=O)NC1CCN(C(=O)c2cnccn2)CC1. The van der Waals surface area contributed by atoms with Crippen LogP contribution in [0.15, 0.2) is 18.6 Å². The highest BCUT2D eigenvalue weighted by Crippen LogP contribution is 2.12. The molecule has 0 saturated carbocycles. The summed E-state index contributed by atoms with van der Waals surface area (Å²) in [5.41, 5.74) is 0.356. The average molecular weight is 278 g/mol. The fraction of sp³-hybridized carbons (Fsp3) is 0.538. The number of carbonyl (C=O) groups excluding carboxylic acids is 2. The first-order chi connectivity index (χ1) is 9.70. The van der Waals surface area contributed by atoms with Gasteiger partial charge in [0.2, 0.25) is 5.91 Å². The van der Waals surface area contributed by atoms with Crippen molar-refractivity contribution in [3.8, 4) is 0 Å². The van der Waals surface area contributed by atoms with E-state index >= 15 is 0 Å². The van der Waals surface area contributed by atoms with Crippen molar-refractivity contribution in [1.29, 1.82) is 0 Å². The summed E-state index contributed by atoms with van der Waals surface area (Å²) in [5, 5.41) is 2.89. The molecule has 2 amide bonds. The van der Waals surface area contributed by atoms with Crippen LogP contribution in [0.2, 0.25) is 0 Å². The van der Waals surface area contributed by atoms with Gasteiger partial charge in [-0.3, -0.25) is 14.6 Å². The van der Waals surface area contributed by atoms with Crippen molar-refractivity contribution in [3.63, 3.8) is 0 Å². The predicted octanol–water partition coefficient (Wildman–Crippen LogP) is -0.156. The Labute approximate surface area is 117 Å². The van der Waals surface area contributed by atoms with Crippen molar-refractivity contribution in [2.75, 3.05) is 26.8 Å². The van der Waals surface area contributed by atoms with Crippen molar-refractivity contribution in [1.82, 2.24) is 20.2 Å². The van der Waals surface area contributed by atoms with Crippen LogP contribution in [0.5, 0.6) is 0 Å². The van der Waals surface area contributed by atoms with Gasteiger partial charge in [-0.2, -0.15) is 0 Å². The molecule has 7 nitrogen and oxygen atoms in total. The molecule has 0 aromatic carbocycles. The van der Waals surface area contributed by atoms with Crippen LogP contribution in [0.4, 0.5) is 0 Å². The fourth-order valence-electron chi connectivity index (χ4n) is 2.20. The zero-order valence-corrected chi connectivity index (χ0v) is 11.4. The molecule has 2 heterocycles. The Morgan fingerprint density at radius 1 is 1.40 bits per heavy atom. The van der Waals surface area contributed by atoms with Gasteiger partial charge in [-0.15, -0.1) is 0 Å². The van der Waals surface area contributed by atoms with Gasteiger partial charge in [0.05, 0.1) is 6.20 Å². The second-order valence-corrected chi connectivity index (χ2v) is 4.66. The zero-order valence-electron chi connectivity index (χ0n) is 11.4. The van der Waals surface area contributed by atoms with E-state index in [9.17, 15) is 9.59 Å². The second kappa shape index (κ2) is 6.95. The largest absolute Gasteiger partial charge is 0.375 e. The number of nitrogens with zero attached hydrogens (tertiary/aromatic N) is 3. The lowest BCUT2D eigenvalue weighted by Crippen LogP contribution is -2.47. The lowest BCUT2D eigenvalue weighted by molar-refractivity contribution is -0.125. The molecule has 1 fully saturated rings. The Kier molecular flexibility index (Phi) is 5.00. The summed E-state index contributed by atoms with van der Waals surface area (Å²) in [7, 11) is 1.49. The number of likely N-dealkylation sites (tertiary alicyclic amines) is 1. The normalized spacial score (nSPS) is 15.9. The van der Waals surface area contributed by atoms with Crippen LogP contribution in [0.25, 0.3) is 0 Å². The van der Waals surface area contributed by atoms with Gasteiger partial charge in [0, 0.05) is 38.6 Å². The molecule has 1 aliphatic heterocycles. The minimum absolute atomic E-state index is 0.0682. The van der Waals surface area contributed by atoms with Gasteiger partial charge >= 0.3 is 0 Å². The summed E-state index contributed by atoms with van der Waals surface area (Å²) in [6.07, 6.45) is 5.98. The molecule has 0 radical (unpaired) electrons. The van der Waals surface area contributed by atoms with Gasteiger partial charge in [-0.25, -0.2) is 4.98 Å². The summed E-state index contributed by atoms with van der Waals surface area (Å²) >= 11 is 0. The van der Waals surface area contributed by atoms with E-state index in [-0.39, 0.29) is 24.5 Å². The Bertz CT molecular complexity index is 458. The van der Waals surface area contributed by atoms with Crippen LogP contribution in [0.3, 0.4) is 0 Å². The molecule has 0 unspecified atom stereocenters. The number of aromatic nitrogens is 2. The molecule has 1 aromatic heterocycles. The highest BCUT2D eigenvalue weighted by molar-refractivity contribution is 5.92. The standard InChI is InChI=1S/C13H18N4O3/c1-20-9-12(18)16-10-2-6-17(7-3-10)13(19)11-8-14-4-5-15-11/h4-5,8,10H,2-3,6-7,9H2,1H3,(H,16,18). The summed E-state index contributed by atoms with van der Waals surface area (Å²) in [5.74, 6) is -0.231. The van der Waals surface area contributed by atoms with Gasteiger partial charge in [-0.05, 0) is 12.8 Å². The number of ether oxygens (including phenoxy) is 1. The van der Waals surface area contributed by atoms with Crippen LogP contribution in [-0.4, -0.2) is 59.5 Å². The Morgan fingerprint density at radius 3 is 2.75 bits per heavy atom. The maximum atomic E-state index is 12.1. The van der Waals surface area contributed by atoms with E-state index in [0.29, 0.717) is 18.8 Å². The maximum Gasteiger partial charge on any atom is 0.274 e. The van der Waals surface area contributed by atoms with Gasteiger partial charge in [0.25, 0.3) is 5.91 Å². The lowest BCUT2D eigenvalue weighted by Gasteiger charge is -2.32. The van der Waals surface area contributed by atoms with E-state index < -0.39 is 0 Å². The van der Waals surface area contributed by atoms with Gasteiger partial charge in [0.1, 0.15) is 12.3 Å². The van der Waals surface area contributed by atoms with E-state index in [1.807, 2.05) is 0 Å². The molecule has 7 heteroatoms. The zero-order chi connectivity index (χ0) is 14.4. The number of piperidine rings is 1. The number of methoxy groups -OCH3 is 1. The number of nitrogens with one attached hydrogen (secondary N) is 1. The Morgan fingerprint density at radius 2 is 2.15 bits per heavy atom. The third-order valence-electron chi connectivity index (χ3n) is 3.21. The average Bonchev–Trinajstić information content (AvgIpc) is 2.48. The molecule has 1 saturated heterocycles. The molecule has 1 N–H and O–H groups in total. The topological polar surface area (TPSA) is 84.4 Å². The molecule has 0 aliphatic carbocycles. The van der Waals surface area contributed by atoms with E-state index in [2.05, 4.69) is 15.3 Å². The molecular weight excluding hydrogens is 260 g/mol. The smallest absolute Gasteiger partial charge is 0.274 e. The van der Waals surface area contributed by atoms with Crippen molar-refractivity contribution >= 4 is 11.8 Å². The van der Waals surface area contributed by atoms with Crippen LogP contribution in [0.1, 0.15) is 23.3 Å².